The van der Waals surface area contributed by atoms with Crippen LogP contribution in [0.3, 0.4) is 0 Å². The van der Waals surface area contributed by atoms with E-state index in [2.05, 4.69) is 34.3 Å². The molecule has 0 aromatic heterocycles. The van der Waals surface area contributed by atoms with Gasteiger partial charge in [0.1, 0.15) is 5.82 Å². The number of anilines is 1. The van der Waals surface area contributed by atoms with E-state index in [9.17, 15) is 9.18 Å². The molecule has 0 spiro atoms. The smallest absolute Gasteiger partial charge is 0.224 e. The maximum atomic E-state index is 14.0. The molecule has 0 aliphatic carbocycles. The first kappa shape index (κ1) is 20.3. The van der Waals surface area contributed by atoms with Crippen molar-refractivity contribution in [1.29, 1.82) is 0 Å². The van der Waals surface area contributed by atoms with Gasteiger partial charge in [-0.25, -0.2) is 4.39 Å². The van der Waals surface area contributed by atoms with Gasteiger partial charge in [-0.05, 0) is 57.1 Å². The molecule has 5 heteroatoms. The second kappa shape index (κ2) is 8.74. The average Bonchev–Trinajstić information content (AvgIpc) is 2.65. The minimum absolute atomic E-state index is 0.0465. The molecular weight excluding hydrogens is 353 g/mol. The molecule has 1 amide bonds. The monoisotopic (exact) mass is 383 g/mol. The molecule has 1 N–H and O–H groups in total. The topological polar surface area (TPSA) is 35.6 Å². The van der Waals surface area contributed by atoms with Crippen LogP contribution < -0.4 is 10.2 Å². The first-order valence-corrected chi connectivity index (χ1v) is 9.92. The second-order valence-corrected chi connectivity index (χ2v) is 7.89. The highest BCUT2D eigenvalue weighted by molar-refractivity contribution is 5.79. The number of carbonyl (C=O) groups excluding carboxylic acids is 1. The molecular formula is C23H30FN3O. The summed E-state index contributed by atoms with van der Waals surface area (Å²) in [6.07, 6.45) is 0.330. The third-order valence-corrected chi connectivity index (χ3v) is 5.53. The van der Waals surface area contributed by atoms with Crippen molar-refractivity contribution in [1.82, 2.24) is 10.2 Å². The minimum Gasteiger partial charge on any atom is -0.369 e. The van der Waals surface area contributed by atoms with E-state index in [0.717, 1.165) is 54.1 Å². The summed E-state index contributed by atoms with van der Waals surface area (Å²) in [7, 11) is 2.11. The first-order chi connectivity index (χ1) is 13.3. The number of nitrogens with one attached hydrogen (secondary N) is 1. The molecule has 28 heavy (non-hydrogen) atoms. The van der Waals surface area contributed by atoms with Crippen LogP contribution in [-0.4, -0.2) is 44.0 Å². The molecule has 1 saturated heterocycles. The van der Waals surface area contributed by atoms with Gasteiger partial charge in [0, 0.05) is 37.4 Å². The molecule has 150 valence electrons. The van der Waals surface area contributed by atoms with Crippen LogP contribution in [0.1, 0.15) is 35.2 Å². The largest absolute Gasteiger partial charge is 0.369 e. The fourth-order valence-corrected chi connectivity index (χ4v) is 3.74. The number of amides is 1. The number of aryl methyl sites for hydroxylation is 2. The number of carbonyl (C=O) groups is 1. The predicted molar refractivity (Wildman–Crippen MR) is 112 cm³/mol. The Morgan fingerprint density at radius 1 is 1.11 bits per heavy atom. The summed E-state index contributed by atoms with van der Waals surface area (Å²) in [5.74, 6) is -0.321. The molecule has 3 rings (SSSR count). The van der Waals surface area contributed by atoms with Crippen molar-refractivity contribution in [2.45, 2.75) is 33.2 Å². The Kier molecular flexibility index (Phi) is 6.35. The highest BCUT2D eigenvalue weighted by atomic mass is 19.1. The number of benzene rings is 2. The van der Waals surface area contributed by atoms with E-state index in [1.807, 2.05) is 32.9 Å². The Morgan fingerprint density at radius 2 is 1.82 bits per heavy atom. The molecule has 0 bridgehead atoms. The molecule has 1 atom stereocenters. The number of piperazine rings is 1. The molecule has 1 fully saturated rings. The molecule has 1 aliphatic rings. The van der Waals surface area contributed by atoms with E-state index in [0.29, 0.717) is 6.42 Å². The van der Waals surface area contributed by atoms with Crippen molar-refractivity contribution in [2.75, 3.05) is 38.1 Å². The van der Waals surface area contributed by atoms with Crippen LogP contribution in [0.4, 0.5) is 10.1 Å². The number of nitrogens with zero attached hydrogens (tertiary/aromatic N) is 2. The zero-order chi connectivity index (χ0) is 20.3. The lowest BCUT2D eigenvalue weighted by Crippen LogP contribution is -2.45. The van der Waals surface area contributed by atoms with Gasteiger partial charge in [-0.3, -0.25) is 4.79 Å². The quantitative estimate of drug-likeness (QED) is 0.857. The zero-order valence-corrected chi connectivity index (χ0v) is 17.3. The Bertz CT molecular complexity index is 844. The van der Waals surface area contributed by atoms with Crippen LogP contribution in [0.15, 0.2) is 36.4 Å². The lowest BCUT2D eigenvalue weighted by Gasteiger charge is -2.36. The molecule has 0 saturated carbocycles. The summed E-state index contributed by atoms with van der Waals surface area (Å²) in [6, 6.07) is 10.8. The van der Waals surface area contributed by atoms with Crippen molar-refractivity contribution >= 4 is 11.6 Å². The predicted octanol–water partition coefficient (Wildman–Crippen LogP) is 3.61. The van der Waals surface area contributed by atoms with Crippen molar-refractivity contribution < 1.29 is 9.18 Å². The van der Waals surface area contributed by atoms with Gasteiger partial charge < -0.3 is 15.1 Å². The van der Waals surface area contributed by atoms with Crippen LogP contribution in [0, 0.1) is 19.7 Å². The van der Waals surface area contributed by atoms with E-state index >= 15 is 0 Å². The van der Waals surface area contributed by atoms with Crippen molar-refractivity contribution in [3.8, 4) is 0 Å². The van der Waals surface area contributed by atoms with Gasteiger partial charge in [0.05, 0.1) is 12.5 Å². The van der Waals surface area contributed by atoms with Gasteiger partial charge in [-0.15, -0.1) is 0 Å². The Hall–Kier alpha value is -2.40. The third kappa shape index (κ3) is 4.90. The highest BCUT2D eigenvalue weighted by Gasteiger charge is 2.21. The number of rotatable bonds is 5. The lowest BCUT2D eigenvalue weighted by atomic mass is 10.0. The van der Waals surface area contributed by atoms with Crippen molar-refractivity contribution in [3.63, 3.8) is 0 Å². The summed E-state index contributed by atoms with van der Waals surface area (Å²) in [5.41, 5.74) is 5.12. The SMILES string of the molecule is Cc1ccc(C)c(CC(=O)NC(C)c2cc(F)ccc2N2CCN(C)CC2)c1. The van der Waals surface area contributed by atoms with Crippen LogP contribution in [-0.2, 0) is 11.2 Å². The third-order valence-electron chi connectivity index (χ3n) is 5.53. The van der Waals surface area contributed by atoms with Gasteiger partial charge in [0.2, 0.25) is 5.91 Å². The van der Waals surface area contributed by atoms with Crippen molar-refractivity contribution in [3.05, 3.63) is 64.5 Å². The Balaban J connectivity index is 1.74. The van der Waals surface area contributed by atoms with Gasteiger partial charge in [0.25, 0.3) is 0 Å². The molecule has 2 aromatic rings. The van der Waals surface area contributed by atoms with E-state index in [1.54, 1.807) is 6.07 Å². The van der Waals surface area contributed by atoms with Crippen LogP contribution in [0.2, 0.25) is 0 Å². The highest BCUT2D eigenvalue weighted by Crippen LogP contribution is 2.28. The van der Waals surface area contributed by atoms with Crippen LogP contribution in [0.25, 0.3) is 0 Å². The van der Waals surface area contributed by atoms with E-state index in [-0.39, 0.29) is 17.8 Å². The minimum atomic E-state index is -0.275. The molecule has 2 aromatic carbocycles. The summed E-state index contributed by atoms with van der Waals surface area (Å²) < 4.78 is 14.0. The summed E-state index contributed by atoms with van der Waals surface area (Å²) >= 11 is 0. The van der Waals surface area contributed by atoms with E-state index in [4.69, 9.17) is 0 Å². The maximum absolute atomic E-state index is 14.0. The fourth-order valence-electron chi connectivity index (χ4n) is 3.74. The van der Waals surface area contributed by atoms with Gasteiger partial charge in [0.15, 0.2) is 0 Å². The zero-order valence-electron chi connectivity index (χ0n) is 17.3. The number of hydrogen-bond acceptors (Lipinski definition) is 3. The summed E-state index contributed by atoms with van der Waals surface area (Å²) in [5, 5.41) is 3.06. The van der Waals surface area contributed by atoms with E-state index in [1.165, 1.54) is 6.07 Å². The molecule has 0 radical (unpaired) electrons. The molecule has 1 unspecified atom stereocenters. The molecule has 4 nitrogen and oxygen atoms in total. The number of hydrogen-bond donors (Lipinski definition) is 1. The second-order valence-electron chi connectivity index (χ2n) is 7.89. The standard InChI is InChI=1S/C23H30FN3O/c1-16-5-6-17(2)19(13-16)14-23(28)25-18(3)21-15-20(24)7-8-22(21)27-11-9-26(4)10-12-27/h5-8,13,15,18H,9-12,14H2,1-4H3,(H,25,28). The molecule has 1 aliphatic heterocycles. The van der Waals surface area contributed by atoms with E-state index < -0.39 is 0 Å². The Labute approximate surface area is 167 Å². The van der Waals surface area contributed by atoms with Crippen molar-refractivity contribution in [2.24, 2.45) is 0 Å². The molecule has 1 heterocycles. The summed E-state index contributed by atoms with van der Waals surface area (Å²) in [6.45, 7) is 9.72. The number of likely N-dealkylation sites (N-methyl/N-ethyl adjacent to an activating group) is 1. The Morgan fingerprint density at radius 3 is 2.54 bits per heavy atom. The average molecular weight is 384 g/mol. The number of halogens is 1. The first-order valence-electron chi connectivity index (χ1n) is 9.92. The van der Waals surface area contributed by atoms with Gasteiger partial charge in [-0.1, -0.05) is 23.8 Å². The maximum Gasteiger partial charge on any atom is 0.224 e. The van der Waals surface area contributed by atoms with Crippen LogP contribution in [0.5, 0.6) is 0 Å². The lowest BCUT2D eigenvalue weighted by molar-refractivity contribution is -0.121. The summed E-state index contributed by atoms with van der Waals surface area (Å²) in [4.78, 5) is 17.2. The van der Waals surface area contributed by atoms with Crippen LogP contribution >= 0.6 is 0 Å². The van der Waals surface area contributed by atoms with Gasteiger partial charge in [-0.2, -0.15) is 0 Å². The fraction of sp³-hybridized carbons (Fsp3) is 0.435. The normalized spacial score (nSPS) is 16.1. The van der Waals surface area contributed by atoms with Gasteiger partial charge >= 0.3 is 0 Å².